The van der Waals surface area contributed by atoms with Gasteiger partial charge in [-0.15, -0.1) is 0 Å². The standard InChI is InChI=1S/C30H29N5O6S/c1-2-34(26-14-7-4-8-15-26)30(37)27(29(36)32-42(40,41)18-17-23-11-5-3-6-12-23)19-24-20-31-33(21-24)22-25-13-9-10-16-28(25)35(38)39/h3-18,20-21,27H,2,19,22H2,1H3,(H,32,36). The number of benzene rings is 3. The number of nitro groups is 1. The second-order valence-electron chi connectivity index (χ2n) is 9.33. The summed E-state index contributed by atoms with van der Waals surface area (Å²) in [7, 11) is -4.23. The first-order valence-corrected chi connectivity index (χ1v) is 14.6. The molecule has 0 bridgehead atoms. The maximum absolute atomic E-state index is 13.8. The summed E-state index contributed by atoms with van der Waals surface area (Å²) in [6.07, 6.45) is 4.22. The first-order chi connectivity index (χ1) is 20.2. The fourth-order valence-corrected chi connectivity index (χ4v) is 5.19. The minimum atomic E-state index is -4.23. The summed E-state index contributed by atoms with van der Waals surface area (Å²) in [6.45, 7) is 2.08. The zero-order valence-electron chi connectivity index (χ0n) is 22.7. The molecular formula is C30H29N5O6S. The Morgan fingerprint density at radius 3 is 2.33 bits per heavy atom. The number of carbonyl (C=O) groups is 2. The van der Waals surface area contributed by atoms with E-state index in [4.69, 9.17) is 0 Å². The lowest BCUT2D eigenvalue weighted by atomic mass is 9.99. The third-order valence-corrected chi connectivity index (χ3v) is 7.37. The highest BCUT2D eigenvalue weighted by molar-refractivity contribution is 7.93. The highest BCUT2D eigenvalue weighted by Gasteiger charge is 2.33. The molecule has 0 saturated carbocycles. The number of hydrogen-bond donors (Lipinski definition) is 1. The molecule has 1 N–H and O–H groups in total. The molecule has 4 rings (SSSR count). The van der Waals surface area contributed by atoms with Crippen molar-refractivity contribution in [3.8, 4) is 0 Å². The van der Waals surface area contributed by atoms with Gasteiger partial charge in [-0.3, -0.25) is 24.4 Å². The van der Waals surface area contributed by atoms with Crippen LogP contribution in [0.4, 0.5) is 11.4 Å². The number of nitro benzene ring substituents is 1. The molecule has 0 fully saturated rings. The third-order valence-electron chi connectivity index (χ3n) is 6.39. The normalized spacial score (nSPS) is 12.1. The van der Waals surface area contributed by atoms with Crippen LogP contribution in [0, 0.1) is 16.0 Å². The van der Waals surface area contributed by atoms with Crippen molar-refractivity contribution in [1.82, 2.24) is 14.5 Å². The molecule has 11 nitrogen and oxygen atoms in total. The molecule has 0 saturated heterocycles. The Kier molecular flexibility index (Phi) is 9.61. The number of nitrogens with one attached hydrogen (secondary N) is 1. The molecule has 12 heteroatoms. The van der Waals surface area contributed by atoms with Crippen LogP contribution >= 0.6 is 0 Å². The van der Waals surface area contributed by atoms with Crippen LogP contribution in [0.3, 0.4) is 0 Å². The first-order valence-electron chi connectivity index (χ1n) is 13.1. The summed E-state index contributed by atoms with van der Waals surface area (Å²) in [4.78, 5) is 39.5. The third kappa shape index (κ3) is 7.76. The predicted octanol–water partition coefficient (Wildman–Crippen LogP) is 4.17. The van der Waals surface area contributed by atoms with Crippen molar-refractivity contribution in [3.05, 3.63) is 130 Å². The molecule has 4 aromatic rings. The van der Waals surface area contributed by atoms with Crippen LogP contribution in [0.2, 0.25) is 0 Å². The van der Waals surface area contributed by atoms with Crippen molar-refractivity contribution in [1.29, 1.82) is 0 Å². The second kappa shape index (κ2) is 13.5. The minimum absolute atomic E-state index is 0.0582. The molecule has 0 spiro atoms. The van der Waals surface area contributed by atoms with Gasteiger partial charge in [0, 0.05) is 24.5 Å². The Bertz CT molecular complexity index is 1690. The van der Waals surface area contributed by atoms with Crippen LogP contribution in [-0.4, -0.2) is 41.5 Å². The number of sulfonamides is 1. The zero-order valence-corrected chi connectivity index (χ0v) is 23.6. The molecule has 216 valence electrons. The average Bonchev–Trinajstić information content (AvgIpc) is 3.43. The monoisotopic (exact) mass is 587 g/mol. The molecule has 1 atom stereocenters. The molecule has 1 heterocycles. The number of carbonyl (C=O) groups excluding carboxylic acids is 2. The van der Waals surface area contributed by atoms with E-state index in [2.05, 4.69) is 5.10 Å². The highest BCUT2D eigenvalue weighted by Crippen LogP contribution is 2.21. The summed E-state index contributed by atoms with van der Waals surface area (Å²) in [6, 6.07) is 23.7. The lowest BCUT2D eigenvalue weighted by Crippen LogP contribution is -2.46. The average molecular weight is 588 g/mol. The van der Waals surface area contributed by atoms with Crippen LogP contribution in [0.1, 0.15) is 23.6 Å². The van der Waals surface area contributed by atoms with Crippen molar-refractivity contribution < 1.29 is 22.9 Å². The van der Waals surface area contributed by atoms with Gasteiger partial charge in [0.2, 0.25) is 11.8 Å². The Morgan fingerprint density at radius 2 is 1.67 bits per heavy atom. The fraction of sp³-hybridized carbons (Fsp3) is 0.167. The predicted molar refractivity (Wildman–Crippen MR) is 159 cm³/mol. The van der Waals surface area contributed by atoms with E-state index in [-0.39, 0.29) is 25.2 Å². The van der Waals surface area contributed by atoms with Crippen LogP contribution in [0.5, 0.6) is 0 Å². The number of aromatic nitrogens is 2. The number of hydrogen-bond acceptors (Lipinski definition) is 7. The zero-order chi connectivity index (χ0) is 30.1. The molecular weight excluding hydrogens is 558 g/mol. The van der Waals surface area contributed by atoms with Crippen molar-refractivity contribution in [2.45, 2.75) is 19.9 Å². The van der Waals surface area contributed by atoms with Gasteiger partial charge in [-0.25, -0.2) is 13.1 Å². The largest absolute Gasteiger partial charge is 0.312 e. The van der Waals surface area contributed by atoms with Gasteiger partial charge in [-0.05, 0) is 42.7 Å². The van der Waals surface area contributed by atoms with Gasteiger partial charge in [0.1, 0.15) is 5.92 Å². The van der Waals surface area contributed by atoms with Crippen molar-refractivity contribution >= 4 is 39.3 Å². The van der Waals surface area contributed by atoms with E-state index >= 15 is 0 Å². The van der Waals surface area contributed by atoms with E-state index in [9.17, 15) is 28.1 Å². The summed E-state index contributed by atoms with van der Waals surface area (Å²) >= 11 is 0. The smallest absolute Gasteiger partial charge is 0.274 e. The van der Waals surface area contributed by atoms with E-state index in [0.29, 0.717) is 22.4 Å². The van der Waals surface area contributed by atoms with Gasteiger partial charge in [0.05, 0.1) is 28.6 Å². The molecule has 1 unspecified atom stereocenters. The maximum Gasteiger partial charge on any atom is 0.274 e. The van der Waals surface area contributed by atoms with E-state index < -0.39 is 32.7 Å². The van der Waals surface area contributed by atoms with E-state index in [1.165, 1.54) is 27.9 Å². The Morgan fingerprint density at radius 1 is 1.02 bits per heavy atom. The number of anilines is 1. The highest BCUT2D eigenvalue weighted by atomic mass is 32.2. The SMILES string of the molecule is CCN(C(=O)C(Cc1cnn(Cc2ccccc2[N+](=O)[O-])c1)C(=O)NS(=O)(=O)C=Cc1ccccc1)c1ccccc1. The van der Waals surface area contributed by atoms with E-state index in [0.717, 1.165) is 5.41 Å². The molecule has 2 amide bonds. The molecule has 0 aliphatic carbocycles. The summed E-state index contributed by atoms with van der Waals surface area (Å²) in [5.74, 6) is -2.98. The summed E-state index contributed by atoms with van der Waals surface area (Å²) in [5, 5.41) is 16.5. The van der Waals surface area contributed by atoms with Gasteiger partial charge >= 0.3 is 0 Å². The van der Waals surface area contributed by atoms with Gasteiger partial charge in [-0.2, -0.15) is 5.10 Å². The molecule has 3 aromatic carbocycles. The van der Waals surface area contributed by atoms with Crippen LogP contribution < -0.4 is 9.62 Å². The second-order valence-corrected chi connectivity index (χ2v) is 10.9. The van der Waals surface area contributed by atoms with Crippen LogP contribution in [-0.2, 0) is 32.6 Å². The Balaban J connectivity index is 1.59. The molecule has 1 aromatic heterocycles. The maximum atomic E-state index is 13.8. The van der Waals surface area contributed by atoms with Gasteiger partial charge in [0.15, 0.2) is 0 Å². The quantitative estimate of drug-likeness (QED) is 0.149. The Hall–Kier alpha value is -5.10. The van der Waals surface area contributed by atoms with Gasteiger partial charge in [-0.1, -0.05) is 66.7 Å². The van der Waals surface area contributed by atoms with Gasteiger partial charge < -0.3 is 4.90 Å². The lowest BCUT2D eigenvalue weighted by molar-refractivity contribution is -0.385. The molecule has 0 aliphatic heterocycles. The Labute approximate surface area is 243 Å². The minimum Gasteiger partial charge on any atom is -0.312 e. The van der Waals surface area contributed by atoms with E-state index in [1.807, 2.05) is 4.72 Å². The first kappa shape index (κ1) is 29.9. The van der Waals surface area contributed by atoms with Crippen LogP contribution in [0.15, 0.2) is 103 Å². The summed E-state index contributed by atoms with van der Waals surface area (Å²) in [5.41, 5.74) is 2.03. The van der Waals surface area contributed by atoms with Gasteiger partial charge in [0.25, 0.3) is 15.7 Å². The topological polar surface area (TPSA) is 145 Å². The summed E-state index contributed by atoms with van der Waals surface area (Å²) < 4.78 is 29.0. The van der Waals surface area contributed by atoms with Crippen molar-refractivity contribution in [2.75, 3.05) is 11.4 Å². The van der Waals surface area contributed by atoms with Crippen molar-refractivity contribution in [3.63, 3.8) is 0 Å². The lowest BCUT2D eigenvalue weighted by Gasteiger charge is -2.25. The molecule has 42 heavy (non-hydrogen) atoms. The fourth-order valence-electron chi connectivity index (χ4n) is 4.36. The number of para-hydroxylation sites is 2. The van der Waals surface area contributed by atoms with Crippen LogP contribution in [0.25, 0.3) is 6.08 Å². The number of amides is 2. The van der Waals surface area contributed by atoms with E-state index in [1.54, 1.807) is 92.0 Å². The number of nitrogens with zero attached hydrogens (tertiary/aromatic N) is 4. The number of rotatable bonds is 12. The molecule has 0 radical (unpaired) electrons. The molecule has 0 aliphatic rings. The van der Waals surface area contributed by atoms with Crippen molar-refractivity contribution in [2.24, 2.45) is 5.92 Å².